The van der Waals surface area contributed by atoms with E-state index in [0.29, 0.717) is 11.1 Å². The molecular formula is C11H10NO5P. The van der Waals surface area contributed by atoms with Gasteiger partial charge in [0.15, 0.2) is 0 Å². The average Bonchev–Trinajstić information content (AvgIpc) is 2.64. The molecule has 2 aliphatic rings. The summed E-state index contributed by atoms with van der Waals surface area (Å²) in [7, 11) is -3.82. The Hall–Kier alpha value is -1.49. The molecule has 1 aromatic rings. The zero-order chi connectivity index (χ0) is 12.8. The van der Waals surface area contributed by atoms with E-state index in [2.05, 4.69) is 0 Å². The number of carbonyl (C=O) groups excluding carboxylic acids is 2. The summed E-state index contributed by atoms with van der Waals surface area (Å²) < 4.78 is 23.1. The summed E-state index contributed by atoms with van der Waals surface area (Å²) in [5.74, 6) is -1.25. The van der Waals surface area contributed by atoms with Gasteiger partial charge in [-0.3, -0.25) is 18.6 Å². The minimum absolute atomic E-state index is 0.213. The molecule has 0 radical (unpaired) electrons. The molecule has 0 spiro atoms. The van der Waals surface area contributed by atoms with Gasteiger partial charge in [0.25, 0.3) is 11.8 Å². The van der Waals surface area contributed by atoms with Crippen molar-refractivity contribution in [3.8, 4) is 0 Å². The molecule has 0 aromatic heterocycles. The van der Waals surface area contributed by atoms with E-state index in [4.69, 9.17) is 9.05 Å². The monoisotopic (exact) mass is 267 g/mol. The number of hydrogen-bond donors (Lipinski definition) is 0. The molecule has 0 aliphatic carbocycles. The third-order valence-corrected chi connectivity index (χ3v) is 4.69. The third kappa shape index (κ3) is 1.54. The fourth-order valence-electron chi connectivity index (χ4n) is 1.97. The molecule has 18 heavy (non-hydrogen) atoms. The van der Waals surface area contributed by atoms with E-state index in [0.717, 1.165) is 0 Å². The number of hydrogen-bond acceptors (Lipinski definition) is 5. The lowest BCUT2D eigenvalue weighted by Gasteiger charge is -2.27. The zero-order valence-corrected chi connectivity index (χ0v) is 10.3. The van der Waals surface area contributed by atoms with Gasteiger partial charge < -0.3 is 0 Å². The molecule has 3 rings (SSSR count). The maximum atomic E-state index is 12.4. The first kappa shape index (κ1) is 11.6. The van der Waals surface area contributed by atoms with Crippen LogP contribution in [0.1, 0.15) is 27.1 Å². The summed E-state index contributed by atoms with van der Waals surface area (Å²) in [4.78, 5) is 24.2. The lowest BCUT2D eigenvalue weighted by Crippen LogP contribution is -2.30. The van der Waals surface area contributed by atoms with E-state index in [1.165, 1.54) is 12.1 Å². The Morgan fingerprint density at radius 1 is 1.00 bits per heavy atom. The van der Waals surface area contributed by atoms with Crippen LogP contribution in [0, 0.1) is 0 Å². The smallest absolute Gasteiger partial charge is 0.292 e. The van der Waals surface area contributed by atoms with Crippen LogP contribution < -0.4 is 0 Å². The van der Waals surface area contributed by atoms with Gasteiger partial charge in [0, 0.05) is 0 Å². The lowest BCUT2D eigenvalue weighted by molar-refractivity contribution is 0.0636. The molecule has 2 heterocycles. The molecule has 1 fully saturated rings. The normalized spacial score (nSPS) is 22.1. The standard InChI is InChI=1S/C11H10NO5P/c13-10-8-4-1-2-5-9(8)11(14)12(10)18(15)16-6-3-7-17-18/h1-2,4-5H,3,6-7H2. The van der Waals surface area contributed by atoms with E-state index < -0.39 is 19.6 Å². The Labute approximate surface area is 103 Å². The summed E-state index contributed by atoms with van der Waals surface area (Å²) >= 11 is 0. The number of carbonyl (C=O) groups is 2. The Kier molecular flexibility index (Phi) is 2.59. The highest BCUT2D eigenvalue weighted by Crippen LogP contribution is 2.56. The van der Waals surface area contributed by atoms with Gasteiger partial charge in [-0.25, -0.2) is 4.57 Å². The van der Waals surface area contributed by atoms with Gasteiger partial charge in [-0.15, -0.1) is 0 Å². The Morgan fingerprint density at radius 2 is 1.50 bits per heavy atom. The number of imide groups is 1. The van der Waals surface area contributed by atoms with Crippen LogP contribution in [0.4, 0.5) is 0 Å². The zero-order valence-electron chi connectivity index (χ0n) is 9.37. The van der Waals surface area contributed by atoms with Gasteiger partial charge in [0.1, 0.15) is 0 Å². The average molecular weight is 267 g/mol. The van der Waals surface area contributed by atoms with Crippen LogP contribution in [0.25, 0.3) is 0 Å². The lowest BCUT2D eigenvalue weighted by atomic mass is 10.1. The van der Waals surface area contributed by atoms with Crippen molar-refractivity contribution in [3.63, 3.8) is 0 Å². The second-order valence-corrected chi connectivity index (χ2v) is 5.81. The van der Waals surface area contributed by atoms with Crippen molar-refractivity contribution in [1.82, 2.24) is 4.67 Å². The highest BCUT2D eigenvalue weighted by atomic mass is 31.2. The van der Waals surface area contributed by atoms with Crippen LogP contribution in [0.3, 0.4) is 0 Å². The van der Waals surface area contributed by atoms with E-state index in [9.17, 15) is 14.2 Å². The van der Waals surface area contributed by atoms with Crippen LogP contribution >= 0.6 is 7.75 Å². The van der Waals surface area contributed by atoms with Crippen LogP contribution in [0.2, 0.25) is 0 Å². The van der Waals surface area contributed by atoms with E-state index >= 15 is 0 Å². The number of fused-ring (bicyclic) bond motifs is 1. The van der Waals surface area contributed by atoms with E-state index in [-0.39, 0.29) is 24.3 Å². The minimum atomic E-state index is -3.82. The van der Waals surface area contributed by atoms with Crippen LogP contribution in [-0.2, 0) is 13.6 Å². The molecule has 2 aliphatic heterocycles. The SMILES string of the molecule is O=C1c2ccccc2C(=O)N1P1(=O)OCCCO1. The van der Waals surface area contributed by atoms with Crippen molar-refractivity contribution >= 4 is 19.6 Å². The van der Waals surface area contributed by atoms with Crippen LogP contribution in [-0.4, -0.2) is 29.7 Å². The predicted molar refractivity (Wildman–Crippen MR) is 61.1 cm³/mol. The van der Waals surface area contributed by atoms with Crippen molar-refractivity contribution in [1.29, 1.82) is 0 Å². The maximum Gasteiger partial charge on any atom is 0.444 e. The van der Waals surface area contributed by atoms with Gasteiger partial charge in [-0.1, -0.05) is 12.1 Å². The summed E-state index contributed by atoms with van der Waals surface area (Å²) in [5.41, 5.74) is 0.464. The Morgan fingerprint density at radius 3 is 2.00 bits per heavy atom. The summed E-state index contributed by atoms with van der Waals surface area (Å²) in [6.07, 6.45) is 0.590. The van der Waals surface area contributed by atoms with E-state index in [1.54, 1.807) is 12.1 Å². The van der Waals surface area contributed by atoms with Gasteiger partial charge in [0.05, 0.1) is 24.3 Å². The fourth-order valence-corrected chi connectivity index (χ4v) is 3.66. The second-order valence-electron chi connectivity index (χ2n) is 3.96. The molecule has 7 heteroatoms. The second kappa shape index (κ2) is 4.02. The number of benzene rings is 1. The molecule has 2 amide bonds. The van der Waals surface area contributed by atoms with Crippen LogP contribution in [0.5, 0.6) is 0 Å². The number of amides is 2. The first-order valence-electron chi connectivity index (χ1n) is 5.51. The molecule has 0 unspecified atom stereocenters. The quantitative estimate of drug-likeness (QED) is 0.573. The van der Waals surface area contributed by atoms with E-state index in [1.807, 2.05) is 0 Å². The van der Waals surface area contributed by atoms with Crippen molar-refractivity contribution < 1.29 is 23.2 Å². The summed E-state index contributed by atoms with van der Waals surface area (Å²) in [6, 6.07) is 6.33. The molecule has 0 bridgehead atoms. The van der Waals surface area contributed by atoms with Crippen molar-refractivity contribution in [2.75, 3.05) is 13.2 Å². The molecule has 1 saturated heterocycles. The summed E-state index contributed by atoms with van der Waals surface area (Å²) in [5, 5.41) is 0. The molecule has 0 atom stereocenters. The Bertz CT molecular complexity index is 540. The maximum absolute atomic E-state index is 12.4. The first-order chi connectivity index (χ1) is 8.63. The van der Waals surface area contributed by atoms with Gasteiger partial charge in [-0.2, -0.15) is 4.67 Å². The predicted octanol–water partition coefficient (Wildman–Crippen LogP) is 1.83. The third-order valence-electron chi connectivity index (χ3n) is 2.82. The topological polar surface area (TPSA) is 72.9 Å². The van der Waals surface area contributed by atoms with Crippen molar-refractivity contribution in [2.45, 2.75) is 6.42 Å². The highest BCUT2D eigenvalue weighted by Gasteiger charge is 2.49. The molecule has 0 saturated carbocycles. The van der Waals surface area contributed by atoms with Crippen molar-refractivity contribution in [3.05, 3.63) is 35.4 Å². The molecule has 1 aromatic carbocycles. The minimum Gasteiger partial charge on any atom is -0.292 e. The molecular weight excluding hydrogens is 257 g/mol. The van der Waals surface area contributed by atoms with Gasteiger partial charge >= 0.3 is 7.75 Å². The number of nitrogens with zero attached hydrogens (tertiary/aromatic N) is 1. The van der Waals surface area contributed by atoms with Crippen molar-refractivity contribution in [2.24, 2.45) is 0 Å². The highest BCUT2D eigenvalue weighted by molar-refractivity contribution is 7.53. The fraction of sp³-hybridized carbons (Fsp3) is 0.273. The summed E-state index contributed by atoms with van der Waals surface area (Å²) in [6.45, 7) is 0.426. The van der Waals surface area contributed by atoms with Crippen LogP contribution in [0.15, 0.2) is 24.3 Å². The van der Waals surface area contributed by atoms with Gasteiger partial charge in [-0.05, 0) is 18.6 Å². The molecule has 0 N–H and O–H groups in total. The van der Waals surface area contributed by atoms with Gasteiger partial charge in [0.2, 0.25) is 0 Å². The largest absolute Gasteiger partial charge is 0.444 e. The molecule has 6 nitrogen and oxygen atoms in total. The number of rotatable bonds is 1. The first-order valence-corrected chi connectivity index (χ1v) is 7.00. The Balaban J connectivity index is 2.04. The molecule has 94 valence electrons.